The Morgan fingerprint density at radius 2 is 2.11 bits per heavy atom. The highest BCUT2D eigenvalue weighted by Gasteiger charge is 2.27. The summed E-state index contributed by atoms with van der Waals surface area (Å²) in [5.74, 6) is 0. The summed E-state index contributed by atoms with van der Waals surface area (Å²) in [6, 6.07) is 2.18. The van der Waals surface area contributed by atoms with Crippen LogP contribution in [0, 0.1) is 6.92 Å². The van der Waals surface area contributed by atoms with E-state index < -0.39 is 0 Å². The fourth-order valence-electron chi connectivity index (χ4n) is 2.46. The molecular weight excluding hydrogens is 242 g/mol. The summed E-state index contributed by atoms with van der Waals surface area (Å²) in [6.07, 6.45) is 1.18. The van der Waals surface area contributed by atoms with Crippen LogP contribution in [0.2, 0.25) is 0 Å². The lowest BCUT2D eigenvalue weighted by molar-refractivity contribution is 0.0987. The molecule has 1 saturated heterocycles. The number of nitrogens with zero attached hydrogens (tertiary/aromatic N) is 1. The molecule has 102 valence electrons. The van der Waals surface area contributed by atoms with Gasteiger partial charge in [-0.3, -0.25) is 4.90 Å². The van der Waals surface area contributed by atoms with Crippen molar-refractivity contribution in [2.75, 3.05) is 38.0 Å². The van der Waals surface area contributed by atoms with E-state index in [1.54, 1.807) is 11.3 Å². The minimum atomic E-state index is 0.292. The summed E-state index contributed by atoms with van der Waals surface area (Å²) in [4.78, 5) is 2.60. The van der Waals surface area contributed by atoms with Crippen LogP contribution in [0.25, 0.3) is 0 Å². The molecule has 0 aromatic carbocycles. The van der Waals surface area contributed by atoms with E-state index >= 15 is 0 Å². The highest BCUT2D eigenvalue weighted by atomic mass is 32.1. The minimum Gasteiger partial charge on any atom is -0.377 e. The molecule has 1 aromatic heterocycles. The Hall–Kier alpha value is -0.580. The molecule has 0 radical (unpaired) electrons. The molecule has 0 bridgehead atoms. The van der Waals surface area contributed by atoms with Crippen LogP contribution >= 0.6 is 11.3 Å². The quantitative estimate of drug-likeness (QED) is 0.858. The molecule has 2 N–H and O–H groups in total. The molecule has 0 amide bonds. The molecule has 0 aliphatic carbocycles. The SMILES string of the molecule is Cc1ccsc1NCCC(C)(C)N1CCNCC1. The summed E-state index contributed by atoms with van der Waals surface area (Å²) >= 11 is 1.80. The molecule has 0 unspecified atom stereocenters. The van der Waals surface area contributed by atoms with Crippen LogP contribution in [-0.2, 0) is 0 Å². The topological polar surface area (TPSA) is 27.3 Å². The third-order valence-electron chi connectivity index (χ3n) is 3.86. The van der Waals surface area contributed by atoms with Crippen LogP contribution in [-0.4, -0.2) is 43.2 Å². The van der Waals surface area contributed by atoms with Crippen LogP contribution in [0.5, 0.6) is 0 Å². The normalized spacial score (nSPS) is 17.9. The maximum absolute atomic E-state index is 3.56. The highest BCUT2D eigenvalue weighted by Crippen LogP contribution is 2.24. The molecule has 1 aromatic rings. The van der Waals surface area contributed by atoms with Crippen LogP contribution < -0.4 is 10.6 Å². The third-order valence-corrected chi connectivity index (χ3v) is 4.83. The lowest BCUT2D eigenvalue weighted by atomic mass is 9.97. The van der Waals surface area contributed by atoms with E-state index in [1.807, 2.05) is 0 Å². The van der Waals surface area contributed by atoms with E-state index in [-0.39, 0.29) is 0 Å². The van der Waals surface area contributed by atoms with Crippen molar-refractivity contribution in [1.29, 1.82) is 0 Å². The molecule has 18 heavy (non-hydrogen) atoms. The second-order valence-corrected chi connectivity index (χ2v) is 6.58. The molecule has 3 nitrogen and oxygen atoms in total. The zero-order chi connectivity index (χ0) is 13.0. The summed E-state index contributed by atoms with van der Waals surface area (Å²) in [7, 11) is 0. The van der Waals surface area contributed by atoms with Crippen molar-refractivity contribution in [3.05, 3.63) is 17.0 Å². The highest BCUT2D eigenvalue weighted by molar-refractivity contribution is 7.14. The minimum absolute atomic E-state index is 0.292. The Morgan fingerprint density at radius 1 is 1.39 bits per heavy atom. The molecule has 2 heterocycles. The number of hydrogen-bond donors (Lipinski definition) is 2. The number of thiophene rings is 1. The lowest BCUT2D eigenvalue weighted by Crippen LogP contribution is -2.53. The van der Waals surface area contributed by atoms with E-state index in [2.05, 4.69) is 47.8 Å². The summed E-state index contributed by atoms with van der Waals surface area (Å²) < 4.78 is 0. The van der Waals surface area contributed by atoms with Crippen molar-refractivity contribution >= 4 is 16.3 Å². The van der Waals surface area contributed by atoms with E-state index in [9.17, 15) is 0 Å². The zero-order valence-electron chi connectivity index (χ0n) is 11.8. The maximum atomic E-state index is 3.56. The predicted molar refractivity (Wildman–Crippen MR) is 80.7 cm³/mol. The number of anilines is 1. The van der Waals surface area contributed by atoms with Gasteiger partial charge in [0.25, 0.3) is 0 Å². The fraction of sp³-hybridized carbons (Fsp3) is 0.714. The van der Waals surface area contributed by atoms with Gasteiger partial charge in [0.2, 0.25) is 0 Å². The average molecular weight is 267 g/mol. The Bertz CT molecular complexity index is 367. The van der Waals surface area contributed by atoms with Gasteiger partial charge in [-0.15, -0.1) is 11.3 Å². The number of aryl methyl sites for hydroxylation is 1. The fourth-order valence-corrected chi connectivity index (χ4v) is 3.31. The first-order valence-electron chi connectivity index (χ1n) is 6.83. The summed E-state index contributed by atoms with van der Waals surface area (Å²) in [6.45, 7) is 12.5. The second-order valence-electron chi connectivity index (χ2n) is 5.66. The van der Waals surface area contributed by atoms with Gasteiger partial charge >= 0.3 is 0 Å². The largest absolute Gasteiger partial charge is 0.377 e. The van der Waals surface area contributed by atoms with E-state index in [1.165, 1.54) is 30.1 Å². The number of hydrogen-bond acceptors (Lipinski definition) is 4. The monoisotopic (exact) mass is 267 g/mol. The van der Waals surface area contributed by atoms with Crippen molar-refractivity contribution < 1.29 is 0 Å². The van der Waals surface area contributed by atoms with Crippen molar-refractivity contribution in [1.82, 2.24) is 10.2 Å². The van der Waals surface area contributed by atoms with Crippen molar-refractivity contribution in [2.24, 2.45) is 0 Å². The lowest BCUT2D eigenvalue weighted by Gasteiger charge is -2.41. The van der Waals surface area contributed by atoms with Crippen molar-refractivity contribution in [3.63, 3.8) is 0 Å². The average Bonchev–Trinajstić information content (AvgIpc) is 2.76. The van der Waals surface area contributed by atoms with Crippen LogP contribution in [0.3, 0.4) is 0 Å². The van der Waals surface area contributed by atoms with Crippen LogP contribution in [0.15, 0.2) is 11.4 Å². The maximum Gasteiger partial charge on any atom is 0.0912 e. The first kappa shape index (κ1) is 13.8. The first-order chi connectivity index (χ1) is 8.59. The van der Waals surface area contributed by atoms with Crippen LogP contribution in [0.4, 0.5) is 5.00 Å². The Balaban J connectivity index is 1.79. The van der Waals surface area contributed by atoms with Gasteiger partial charge in [-0.25, -0.2) is 0 Å². The number of rotatable bonds is 5. The molecule has 4 heteroatoms. The van der Waals surface area contributed by atoms with Crippen molar-refractivity contribution in [2.45, 2.75) is 32.7 Å². The molecule has 1 aliphatic heterocycles. The van der Waals surface area contributed by atoms with Gasteiger partial charge < -0.3 is 10.6 Å². The summed E-state index contributed by atoms with van der Waals surface area (Å²) in [5.41, 5.74) is 1.65. The zero-order valence-corrected chi connectivity index (χ0v) is 12.6. The van der Waals surface area contributed by atoms with Gasteiger partial charge in [0.15, 0.2) is 0 Å². The van der Waals surface area contributed by atoms with Gasteiger partial charge in [-0.1, -0.05) is 0 Å². The molecule has 0 spiro atoms. The third kappa shape index (κ3) is 3.46. The number of piperazine rings is 1. The van der Waals surface area contributed by atoms with Gasteiger partial charge in [0, 0.05) is 38.3 Å². The standard InChI is InChI=1S/C14H25N3S/c1-12-4-11-18-13(12)16-6-5-14(2,3)17-9-7-15-8-10-17/h4,11,15-16H,5-10H2,1-3H3. The van der Waals surface area contributed by atoms with Gasteiger partial charge in [-0.2, -0.15) is 0 Å². The summed E-state index contributed by atoms with van der Waals surface area (Å²) in [5, 5.41) is 10.5. The van der Waals surface area contributed by atoms with E-state index in [0.717, 1.165) is 19.6 Å². The second kappa shape index (κ2) is 6.04. The first-order valence-corrected chi connectivity index (χ1v) is 7.71. The van der Waals surface area contributed by atoms with E-state index in [0.29, 0.717) is 5.54 Å². The Morgan fingerprint density at radius 3 is 2.72 bits per heavy atom. The predicted octanol–water partition coefficient (Wildman–Crippen LogP) is 2.54. The molecule has 0 saturated carbocycles. The molecule has 0 atom stereocenters. The van der Waals surface area contributed by atoms with Gasteiger partial charge in [0.05, 0.1) is 5.00 Å². The van der Waals surface area contributed by atoms with Gasteiger partial charge in [0.1, 0.15) is 0 Å². The molecular formula is C14H25N3S. The smallest absolute Gasteiger partial charge is 0.0912 e. The molecule has 1 aliphatic rings. The van der Waals surface area contributed by atoms with Crippen molar-refractivity contribution in [3.8, 4) is 0 Å². The van der Waals surface area contributed by atoms with Gasteiger partial charge in [-0.05, 0) is 44.2 Å². The Labute approximate surface area is 115 Å². The Kier molecular flexibility index (Phi) is 4.65. The number of nitrogens with one attached hydrogen (secondary N) is 2. The molecule has 2 rings (SSSR count). The van der Waals surface area contributed by atoms with Crippen LogP contribution in [0.1, 0.15) is 25.8 Å². The van der Waals surface area contributed by atoms with E-state index in [4.69, 9.17) is 0 Å². The molecule has 1 fully saturated rings.